The van der Waals surface area contributed by atoms with Crippen molar-refractivity contribution in [3.05, 3.63) is 84.0 Å². The van der Waals surface area contributed by atoms with E-state index in [0.29, 0.717) is 71.6 Å². The summed E-state index contributed by atoms with van der Waals surface area (Å²) in [5, 5.41) is 62.5. The standard InChI is InChI=1S/C32H50N4O6.4C4H4O4/c1-37-27-11-9-25(29(39-3)31(27)41-5)23-35-19-15-33(16-20-35)13-7-8-14-34-17-21-36(22-18-34)24-26-10-12-28(38-2)32(42-6)30(26)40-4;4*5-3(6)1-2-4(7)8/h9-12H,7-8,13-24H2,1-6H3;4*1-2H,(H,5,6)(H,7,8)/b;4*2-1+. The number of rotatable bonds is 23. The fourth-order valence-corrected chi connectivity index (χ4v) is 6.64. The maximum Gasteiger partial charge on any atom is 0.328 e. The van der Waals surface area contributed by atoms with Gasteiger partial charge < -0.3 is 79.1 Å². The minimum Gasteiger partial charge on any atom is -0.493 e. The van der Waals surface area contributed by atoms with Crippen molar-refractivity contribution in [3.63, 3.8) is 0 Å². The summed E-state index contributed by atoms with van der Waals surface area (Å²) in [4.78, 5) is 86.6. The first-order valence-electron chi connectivity index (χ1n) is 22.1. The lowest BCUT2D eigenvalue weighted by atomic mass is 10.1. The molecule has 2 saturated heterocycles. The Morgan fingerprint density at radius 2 is 0.568 bits per heavy atom. The molecule has 0 amide bonds. The van der Waals surface area contributed by atoms with E-state index in [2.05, 4.69) is 31.7 Å². The molecule has 74 heavy (non-hydrogen) atoms. The summed E-state index contributed by atoms with van der Waals surface area (Å²) in [6, 6.07) is 8.09. The largest absolute Gasteiger partial charge is 0.493 e. The minimum atomic E-state index is -1.26. The fourth-order valence-electron chi connectivity index (χ4n) is 6.64. The highest BCUT2D eigenvalue weighted by Crippen LogP contribution is 2.41. The second-order valence-corrected chi connectivity index (χ2v) is 15.0. The Morgan fingerprint density at radius 1 is 0.351 bits per heavy atom. The van der Waals surface area contributed by atoms with Crippen molar-refractivity contribution in [1.82, 2.24) is 19.6 Å². The summed E-state index contributed by atoms with van der Waals surface area (Å²) >= 11 is 0. The second kappa shape index (κ2) is 37.6. The molecule has 2 aromatic rings. The van der Waals surface area contributed by atoms with Crippen molar-refractivity contribution in [2.45, 2.75) is 25.9 Å². The molecule has 4 rings (SSSR count). The molecule has 0 aliphatic carbocycles. The number of nitrogens with zero attached hydrogens (tertiary/aromatic N) is 4. The zero-order valence-electron chi connectivity index (χ0n) is 41.9. The first kappa shape index (κ1) is 65.8. The Bertz CT molecular complexity index is 1960. The lowest BCUT2D eigenvalue weighted by Gasteiger charge is -2.36. The minimum absolute atomic E-state index is 0.558. The van der Waals surface area contributed by atoms with Gasteiger partial charge in [0.1, 0.15) is 0 Å². The Labute approximate surface area is 426 Å². The molecule has 2 heterocycles. The van der Waals surface area contributed by atoms with Gasteiger partial charge in [-0.05, 0) is 38.1 Å². The van der Waals surface area contributed by atoms with Crippen LogP contribution in [0.5, 0.6) is 34.5 Å². The molecular weight excluding hydrogens is 985 g/mol. The molecule has 0 radical (unpaired) electrons. The van der Waals surface area contributed by atoms with E-state index >= 15 is 0 Å². The van der Waals surface area contributed by atoms with Crippen molar-refractivity contribution in [1.29, 1.82) is 0 Å². The Kier molecular flexibility index (Phi) is 33.4. The molecule has 0 saturated carbocycles. The number of ether oxygens (including phenoxy) is 6. The van der Waals surface area contributed by atoms with Gasteiger partial charge in [-0.1, -0.05) is 12.1 Å². The van der Waals surface area contributed by atoms with Gasteiger partial charge in [0, 0.05) is 125 Å². The number of piperazine rings is 2. The van der Waals surface area contributed by atoms with Crippen LogP contribution in [0.25, 0.3) is 0 Å². The molecule has 0 aromatic heterocycles. The number of carboxylic acid groups (broad SMARTS) is 8. The van der Waals surface area contributed by atoms with Crippen molar-refractivity contribution in [2.24, 2.45) is 0 Å². The molecule has 0 bridgehead atoms. The molecule has 26 nitrogen and oxygen atoms in total. The molecule has 26 heteroatoms. The average Bonchev–Trinajstić information content (AvgIpc) is 3.36. The fraction of sp³-hybridized carbons (Fsp3) is 0.417. The SMILES string of the molecule is COc1ccc(CN2CCN(CCCCN3CCN(Cc4ccc(OC)c(OC)c4OC)CC3)CC2)c(OC)c1OC.O=C(O)/C=C/C(=O)O.O=C(O)/C=C/C(=O)O.O=C(O)/C=C/C(=O)O.O=C(O)/C=C/C(=O)O. The summed E-state index contributed by atoms with van der Waals surface area (Å²) < 4.78 is 33.3. The number of hydrogen-bond donors (Lipinski definition) is 8. The summed E-state index contributed by atoms with van der Waals surface area (Å²) in [6.45, 7) is 12.7. The monoisotopic (exact) mass is 1050 g/mol. The third-order valence-corrected chi connectivity index (χ3v) is 9.96. The molecule has 8 N–H and O–H groups in total. The van der Waals surface area contributed by atoms with E-state index in [-0.39, 0.29) is 0 Å². The number of unbranched alkanes of at least 4 members (excludes halogenated alkanes) is 1. The Balaban J connectivity index is 0.00000134. The van der Waals surface area contributed by atoms with Crippen LogP contribution in [0, 0.1) is 0 Å². The van der Waals surface area contributed by atoms with Gasteiger partial charge in [0.2, 0.25) is 11.5 Å². The highest BCUT2D eigenvalue weighted by atomic mass is 16.5. The van der Waals surface area contributed by atoms with E-state index in [0.717, 1.165) is 88.1 Å². The Morgan fingerprint density at radius 3 is 0.757 bits per heavy atom. The number of methoxy groups -OCH3 is 6. The van der Waals surface area contributed by atoms with Crippen LogP contribution >= 0.6 is 0 Å². The molecule has 2 aromatic carbocycles. The summed E-state index contributed by atoms with van der Waals surface area (Å²) in [5.74, 6) is -5.81. The van der Waals surface area contributed by atoms with Gasteiger partial charge in [0.05, 0.1) is 42.7 Å². The predicted molar refractivity (Wildman–Crippen MR) is 263 cm³/mol. The summed E-state index contributed by atoms with van der Waals surface area (Å²) in [7, 11) is 9.99. The van der Waals surface area contributed by atoms with E-state index in [9.17, 15) is 38.4 Å². The van der Waals surface area contributed by atoms with E-state index in [4.69, 9.17) is 69.3 Å². The Hall–Kier alpha value is -8.20. The zero-order chi connectivity index (χ0) is 56.2. The van der Waals surface area contributed by atoms with Gasteiger partial charge in [0.15, 0.2) is 23.0 Å². The van der Waals surface area contributed by atoms with E-state index < -0.39 is 47.8 Å². The van der Waals surface area contributed by atoms with Crippen LogP contribution < -0.4 is 28.4 Å². The molecular formula is C48H66N4O22. The van der Waals surface area contributed by atoms with Crippen molar-refractivity contribution >= 4 is 47.8 Å². The number of carboxylic acids is 8. The maximum absolute atomic E-state index is 9.55. The van der Waals surface area contributed by atoms with Gasteiger partial charge in [-0.3, -0.25) is 9.80 Å². The van der Waals surface area contributed by atoms with Crippen molar-refractivity contribution in [3.8, 4) is 34.5 Å². The van der Waals surface area contributed by atoms with Crippen LogP contribution in [-0.4, -0.2) is 216 Å². The average molecular weight is 1050 g/mol. The van der Waals surface area contributed by atoms with Gasteiger partial charge in [0.25, 0.3) is 0 Å². The van der Waals surface area contributed by atoms with Gasteiger partial charge >= 0.3 is 47.8 Å². The lowest BCUT2D eigenvalue weighted by molar-refractivity contribution is -0.134. The van der Waals surface area contributed by atoms with Gasteiger partial charge in [-0.2, -0.15) is 0 Å². The van der Waals surface area contributed by atoms with Crippen LogP contribution in [0.1, 0.15) is 24.0 Å². The van der Waals surface area contributed by atoms with Crippen LogP contribution in [0.15, 0.2) is 72.9 Å². The molecule has 0 atom stereocenters. The quantitative estimate of drug-likeness (QED) is 0.0584. The van der Waals surface area contributed by atoms with Crippen LogP contribution in [0.2, 0.25) is 0 Å². The summed E-state index contributed by atoms with van der Waals surface area (Å²) in [6.07, 6.45) is 6.95. The van der Waals surface area contributed by atoms with Gasteiger partial charge in [-0.15, -0.1) is 0 Å². The van der Waals surface area contributed by atoms with Crippen molar-refractivity contribution in [2.75, 3.05) is 108 Å². The molecule has 2 aliphatic rings. The zero-order valence-corrected chi connectivity index (χ0v) is 41.9. The number of benzene rings is 2. The molecule has 0 spiro atoms. The first-order valence-corrected chi connectivity index (χ1v) is 22.1. The first-order chi connectivity index (χ1) is 35.0. The summed E-state index contributed by atoms with van der Waals surface area (Å²) in [5.41, 5.74) is 2.26. The molecule has 0 unspecified atom stereocenters. The van der Waals surface area contributed by atoms with Crippen LogP contribution in [0.4, 0.5) is 0 Å². The number of hydrogen-bond acceptors (Lipinski definition) is 18. The van der Waals surface area contributed by atoms with Crippen molar-refractivity contribution < 1.29 is 108 Å². The molecule has 2 fully saturated rings. The molecule has 410 valence electrons. The number of carbonyl (C=O) groups is 8. The van der Waals surface area contributed by atoms with E-state index in [1.54, 1.807) is 42.7 Å². The second-order valence-electron chi connectivity index (χ2n) is 15.0. The third kappa shape index (κ3) is 29.2. The third-order valence-electron chi connectivity index (χ3n) is 9.96. The number of aliphatic carboxylic acids is 8. The van der Waals surface area contributed by atoms with E-state index in [1.165, 1.54) is 25.9 Å². The van der Waals surface area contributed by atoms with Gasteiger partial charge in [-0.25, -0.2) is 38.4 Å². The molecule has 2 aliphatic heterocycles. The predicted octanol–water partition coefficient (Wildman–Crippen LogP) is 2.30. The highest BCUT2D eigenvalue weighted by molar-refractivity contribution is 5.91. The maximum atomic E-state index is 9.55. The lowest BCUT2D eigenvalue weighted by Crippen LogP contribution is -2.47. The topological polar surface area (TPSA) is 367 Å². The van der Waals surface area contributed by atoms with E-state index in [1.807, 2.05) is 12.1 Å². The van der Waals surface area contributed by atoms with Crippen LogP contribution in [0.3, 0.4) is 0 Å². The normalized spacial score (nSPS) is 13.9. The highest BCUT2D eigenvalue weighted by Gasteiger charge is 2.23. The van der Waals surface area contributed by atoms with Crippen LogP contribution in [-0.2, 0) is 51.4 Å². The smallest absolute Gasteiger partial charge is 0.328 e.